The van der Waals surface area contributed by atoms with Crippen molar-refractivity contribution in [2.45, 2.75) is 71.0 Å². The minimum atomic E-state index is -0.661. The molecule has 0 aromatic carbocycles. The molecule has 110 valence electrons. The van der Waals surface area contributed by atoms with Crippen molar-refractivity contribution >= 4 is 11.7 Å². The number of carbonyl (C=O) groups excluding carboxylic acids is 2. The molecule has 0 atom stereocenters. The Hall–Kier alpha value is -0.940. The van der Waals surface area contributed by atoms with Gasteiger partial charge in [0.2, 0.25) is 5.91 Å². The third-order valence-corrected chi connectivity index (χ3v) is 3.13. The second-order valence-electron chi connectivity index (χ2n) is 4.96. The average Bonchev–Trinajstić information content (AvgIpc) is 3.22. The Bertz CT molecular complexity index is 277. The van der Waals surface area contributed by atoms with Crippen LogP contribution in [0.1, 0.15) is 64.7 Å². The molecule has 1 fully saturated rings. The third-order valence-electron chi connectivity index (χ3n) is 3.13. The molecule has 0 bridgehead atoms. The maximum absolute atomic E-state index is 11.5. The number of ketones is 1. The van der Waals surface area contributed by atoms with Crippen LogP contribution in [0.5, 0.6) is 0 Å². The normalized spacial score (nSPS) is 14.4. The minimum Gasteiger partial charge on any atom is -0.356 e. The summed E-state index contributed by atoms with van der Waals surface area (Å²) in [5.41, 5.74) is 0. The van der Waals surface area contributed by atoms with Crippen molar-refractivity contribution in [2.24, 2.45) is 0 Å². The molecule has 1 amide bonds. The highest BCUT2D eigenvalue weighted by atomic mass is 17.4. The first-order valence-electron chi connectivity index (χ1n) is 7.35. The average molecular weight is 271 g/mol. The molecule has 1 aliphatic heterocycles. The Morgan fingerprint density at radius 2 is 1.63 bits per heavy atom. The molecule has 0 unspecified atom stereocenters. The number of rotatable bonds is 12. The molecule has 19 heavy (non-hydrogen) atoms. The Labute approximate surface area is 115 Å². The van der Waals surface area contributed by atoms with Gasteiger partial charge in [-0.3, -0.25) is 9.59 Å². The van der Waals surface area contributed by atoms with Gasteiger partial charge in [0.25, 0.3) is 6.29 Å². The molecular formula is C14H25NO4. The van der Waals surface area contributed by atoms with Gasteiger partial charge in [-0.05, 0) is 12.8 Å². The van der Waals surface area contributed by atoms with Gasteiger partial charge in [-0.1, -0.05) is 39.0 Å². The van der Waals surface area contributed by atoms with Crippen LogP contribution in [0.3, 0.4) is 0 Å². The fraction of sp³-hybridized carbons (Fsp3) is 0.857. The lowest BCUT2D eigenvalue weighted by Gasteiger charge is -2.04. The van der Waals surface area contributed by atoms with E-state index in [-0.39, 0.29) is 11.7 Å². The van der Waals surface area contributed by atoms with Crippen LogP contribution in [0.25, 0.3) is 0 Å². The molecule has 0 saturated carbocycles. The first-order chi connectivity index (χ1) is 9.24. The first kappa shape index (κ1) is 16.1. The van der Waals surface area contributed by atoms with Gasteiger partial charge in [0, 0.05) is 19.4 Å². The van der Waals surface area contributed by atoms with E-state index in [4.69, 9.17) is 0 Å². The summed E-state index contributed by atoms with van der Waals surface area (Å²) < 4.78 is 0. The second-order valence-corrected chi connectivity index (χ2v) is 4.96. The second kappa shape index (κ2) is 9.92. The summed E-state index contributed by atoms with van der Waals surface area (Å²) in [5, 5.41) is 2.88. The number of nitrogens with one attached hydrogen (secondary N) is 1. The molecule has 1 N–H and O–H groups in total. The number of hydrogen-bond acceptors (Lipinski definition) is 4. The zero-order valence-electron chi connectivity index (χ0n) is 11.8. The third kappa shape index (κ3) is 8.72. The first-order valence-corrected chi connectivity index (χ1v) is 7.35. The van der Waals surface area contributed by atoms with Crippen LogP contribution in [0, 0.1) is 0 Å². The highest BCUT2D eigenvalue weighted by Gasteiger charge is 2.33. The Morgan fingerprint density at radius 3 is 2.32 bits per heavy atom. The Morgan fingerprint density at radius 1 is 0.947 bits per heavy atom. The van der Waals surface area contributed by atoms with Gasteiger partial charge >= 0.3 is 0 Å². The fourth-order valence-electron chi connectivity index (χ4n) is 1.90. The summed E-state index contributed by atoms with van der Waals surface area (Å²) in [4.78, 5) is 31.4. The van der Waals surface area contributed by atoms with Crippen molar-refractivity contribution in [3.8, 4) is 0 Å². The van der Waals surface area contributed by atoms with Crippen molar-refractivity contribution in [1.29, 1.82) is 0 Å². The smallest absolute Gasteiger partial charge is 0.281 e. The standard InChI is InChI=1S/C14H25NO4/c1-2-3-4-5-6-7-11-15-13(17)10-8-9-12(16)14-18-19-14/h14H,2-11H2,1H3,(H,15,17). The van der Waals surface area contributed by atoms with E-state index in [0.717, 1.165) is 13.0 Å². The predicted molar refractivity (Wildman–Crippen MR) is 71.2 cm³/mol. The summed E-state index contributed by atoms with van der Waals surface area (Å²) in [6.45, 7) is 2.94. The summed E-state index contributed by atoms with van der Waals surface area (Å²) in [6, 6.07) is 0. The van der Waals surface area contributed by atoms with Crippen LogP contribution in [0.4, 0.5) is 0 Å². The predicted octanol–water partition coefficient (Wildman–Crippen LogP) is 2.49. The number of amides is 1. The molecule has 1 heterocycles. The summed E-state index contributed by atoms with van der Waals surface area (Å²) in [7, 11) is 0. The van der Waals surface area contributed by atoms with E-state index in [2.05, 4.69) is 22.0 Å². The zero-order chi connectivity index (χ0) is 13.9. The largest absolute Gasteiger partial charge is 0.356 e. The van der Waals surface area contributed by atoms with Crippen LogP contribution in [0.15, 0.2) is 0 Å². The van der Waals surface area contributed by atoms with Gasteiger partial charge in [-0.15, -0.1) is 0 Å². The highest BCUT2D eigenvalue weighted by Crippen LogP contribution is 2.15. The van der Waals surface area contributed by atoms with Gasteiger partial charge in [0.15, 0.2) is 5.78 Å². The van der Waals surface area contributed by atoms with Gasteiger partial charge in [-0.2, -0.15) is 9.78 Å². The molecule has 1 aliphatic rings. The molecular weight excluding hydrogens is 246 g/mol. The van der Waals surface area contributed by atoms with Gasteiger partial charge in [0.1, 0.15) is 0 Å². The van der Waals surface area contributed by atoms with Gasteiger partial charge in [-0.25, -0.2) is 0 Å². The van der Waals surface area contributed by atoms with Gasteiger partial charge < -0.3 is 5.32 Å². The maximum Gasteiger partial charge on any atom is 0.281 e. The van der Waals surface area contributed by atoms with Gasteiger partial charge in [0.05, 0.1) is 0 Å². The summed E-state index contributed by atoms with van der Waals surface area (Å²) in [5.74, 6) is -0.0530. The van der Waals surface area contributed by atoms with E-state index in [0.29, 0.717) is 19.3 Å². The summed E-state index contributed by atoms with van der Waals surface area (Å²) in [6.07, 6.45) is 7.95. The molecule has 0 aromatic rings. The van der Waals surface area contributed by atoms with Crippen molar-refractivity contribution in [3.05, 3.63) is 0 Å². The van der Waals surface area contributed by atoms with E-state index in [1.54, 1.807) is 0 Å². The lowest BCUT2D eigenvalue weighted by Crippen LogP contribution is -2.24. The molecule has 5 heteroatoms. The van der Waals surface area contributed by atoms with Crippen LogP contribution < -0.4 is 5.32 Å². The van der Waals surface area contributed by atoms with Crippen LogP contribution >= 0.6 is 0 Å². The number of unbranched alkanes of at least 4 members (excludes halogenated alkanes) is 5. The Kier molecular flexibility index (Phi) is 8.41. The number of carbonyl (C=O) groups is 2. The van der Waals surface area contributed by atoms with Crippen molar-refractivity contribution in [3.63, 3.8) is 0 Å². The lowest BCUT2D eigenvalue weighted by molar-refractivity contribution is -0.122. The van der Waals surface area contributed by atoms with E-state index in [9.17, 15) is 9.59 Å². The van der Waals surface area contributed by atoms with E-state index >= 15 is 0 Å². The lowest BCUT2D eigenvalue weighted by atomic mass is 10.1. The molecule has 5 nitrogen and oxygen atoms in total. The van der Waals surface area contributed by atoms with Crippen LogP contribution in [-0.4, -0.2) is 24.5 Å². The topological polar surface area (TPSA) is 71.2 Å². The number of hydrogen-bond donors (Lipinski definition) is 1. The number of Topliss-reactive ketones (excluding diaryl/α,β-unsaturated/α-hetero) is 1. The monoisotopic (exact) mass is 271 g/mol. The summed E-state index contributed by atoms with van der Waals surface area (Å²) >= 11 is 0. The van der Waals surface area contributed by atoms with Crippen molar-refractivity contribution < 1.29 is 19.4 Å². The van der Waals surface area contributed by atoms with E-state index in [1.165, 1.54) is 32.1 Å². The maximum atomic E-state index is 11.5. The van der Waals surface area contributed by atoms with Crippen molar-refractivity contribution in [2.75, 3.05) is 6.54 Å². The molecule has 0 aromatic heterocycles. The van der Waals surface area contributed by atoms with Crippen molar-refractivity contribution in [1.82, 2.24) is 5.32 Å². The molecule has 0 aliphatic carbocycles. The van der Waals surface area contributed by atoms with Crippen LogP contribution in [-0.2, 0) is 19.4 Å². The molecule has 1 rings (SSSR count). The minimum absolute atomic E-state index is 0.0268. The molecule has 0 radical (unpaired) electrons. The SMILES string of the molecule is CCCCCCCCNC(=O)CCCC(=O)C1OO1. The highest BCUT2D eigenvalue weighted by molar-refractivity contribution is 5.83. The molecule has 1 saturated heterocycles. The Balaban J connectivity index is 1.83. The molecule has 0 spiro atoms. The van der Waals surface area contributed by atoms with E-state index < -0.39 is 6.29 Å². The van der Waals surface area contributed by atoms with Crippen LogP contribution in [0.2, 0.25) is 0 Å². The quantitative estimate of drug-likeness (QED) is 0.336. The van der Waals surface area contributed by atoms with E-state index in [1.807, 2.05) is 0 Å². The zero-order valence-corrected chi connectivity index (χ0v) is 11.8. The fourth-order valence-corrected chi connectivity index (χ4v) is 1.90.